The van der Waals surface area contributed by atoms with Crippen molar-refractivity contribution in [1.82, 2.24) is 9.88 Å². The number of nitrogens with zero attached hydrogens (tertiary/aromatic N) is 2. The van der Waals surface area contributed by atoms with Crippen LogP contribution >= 0.6 is 22.9 Å². The van der Waals surface area contributed by atoms with E-state index in [1.54, 1.807) is 11.3 Å². The summed E-state index contributed by atoms with van der Waals surface area (Å²) in [5, 5.41) is 7.90. The Kier molecular flexibility index (Phi) is 6.31. The van der Waals surface area contributed by atoms with E-state index in [4.69, 9.17) is 16.6 Å². The van der Waals surface area contributed by atoms with Crippen LogP contribution in [0.15, 0.2) is 60.0 Å². The summed E-state index contributed by atoms with van der Waals surface area (Å²) in [6, 6.07) is 19.7. The normalized spacial score (nSPS) is 21.3. The summed E-state index contributed by atoms with van der Waals surface area (Å²) in [6.07, 6.45) is 7.37. The Hall–Kier alpha value is -1.88. The topological polar surface area (TPSA) is 28.2 Å². The quantitative estimate of drug-likeness (QED) is 0.450. The predicted molar refractivity (Wildman–Crippen MR) is 131 cm³/mol. The minimum atomic E-state index is 0.0360. The fourth-order valence-corrected chi connectivity index (χ4v) is 6.30. The maximum atomic E-state index is 6.18. The van der Waals surface area contributed by atoms with Crippen LogP contribution < -0.4 is 5.32 Å². The number of hydrogen-bond donors (Lipinski definition) is 1. The van der Waals surface area contributed by atoms with Crippen molar-refractivity contribution in [1.29, 1.82) is 0 Å². The fourth-order valence-electron chi connectivity index (χ4n) is 5.29. The predicted octanol–water partition coefficient (Wildman–Crippen LogP) is 6.73. The molecule has 0 bridgehead atoms. The van der Waals surface area contributed by atoms with Crippen molar-refractivity contribution in [2.75, 3.05) is 18.4 Å². The summed E-state index contributed by atoms with van der Waals surface area (Å²) in [7, 11) is 0. The van der Waals surface area contributed by atoms with Gasteiger partial charge < -0.3 is 5.32 Å². The van der Waals surface area contributed by atoms with Crippen molar-refractivity contribution in [3.8, 4) is 0 Å². The highest BCUT2D eigenvalue weighted by molar-refractivity contribution is 7.13. The molecule has 2 heterocycles. The van der Waals surface area contributed by atoms with E-state index in [1.165, 1.54) is 55.3 Å². The molecule has 31 heavy (non-hydrogen) atoms. The third kappa shape index (κ3) is 4.67. The maximum Gasteiger partial charge on any atom is 0.183 e. The number of benzene rings is 2. The standard InChI is InChI=1S/C26H30ClN3S/c27-22-11-9-21(10-12-22)26(14-5-2-6-15-26)24-19-31-25(29-24)28-23-13-16-30(18-23)17-20-7-3-1-4-8-20/h1,3-4,7-12,19,23H,2,5-6,13-18H2,(H,28,29). The average Bonchev–Trinajstić information content (AvgIpc) is 3.46. The van der Waals surface area contributed by atoms with Gasteiger partial charge in [-0.25, -0.2) is 4.98 Å². The molecule has 0 spiro atoms. The number of rotatable bonds is 6. The van der Waals surface area contributed by atoms with Gasteiger partial charge in [0.25, 0.3) is 0 Å². The van der Waals surface area contributed by atoms with Crippen LogP contribution in [-0.4, -0.2) is 29.0 Å². The highest BCUT2D eigenvalue weighted by atomic mass is 35.5. The van der Waals surface area contributed by atoms with E-state index in [9.17, 15) is 0 Å². The number of nitrogens with one attached hydrogen (secondary N) is 1. The molecule has 2 fully saturated rings. The van der Waals surface area contributed by atoms with Crippen LogP contribution in [0.25, 0.3) is 0 Å². The summed E-state index contributed by atoms with van der Waals surface area (Å²) in [6.45, 7) is 3.24. The van der Waals surface area contributed by atoms with E-state index in [-0.39, 0.29) is 5.41 Å². The molecule has 1 atom stereocenters. The average molecular weight is 452 g/mol. The van der Waals surface area contributed by atoms with Gasteiger partial charge in [-0.1, -0.05) is 73.3 Å². The van der Waals surface area contributed by atoms with Gasteiger partial charge in [-0.3, -0.25) is 4.90 Å². The van der Waals surface area contributed by atoms with Gasteiger partial charge in [0.05, 0.1) is 5.69 Å². The minimum absolute atomic E-state index is 0.0360. The monoisotopic (exact) mass is 451 g/mol. The van der Waals surface area contributed by atoms with Gasteiger partial charge in [-0.2, -0.15) is 0 Å². The van der Waals surface area contributed by atoms with Crippen LogP contribution in [-0.2, 0) is 12.0 Å². The molecular weight excluding hydrogens is 422 g/mol. The van der Waals surface area contributed by atoms with Gasteiger partial charge in [0.15, 0.2) is 5.13 Å². The second kappa shape index (κ2) is 9.32. The highest BCUT2D eigenvalue weighted by Gasteiger charge is 2.38. The van der Waals surface area contributed by atoms with Crippen molar-refractivity contribution in [2.24, 2.45) is 0 Å². The van der Waals surface area contributed by atoms with Crippen molar-refractivity contribution >= 4 is 28.1 Å². The van der Waals surface area contributed by atoms with Gasteiger partial charge >= 0.3 is 0 Å². The van der Waals surface area contributed by atoms with E-state index in [0.29, 0.717) is 6.04 Å². The Bertz CT molecular complexity index is 979. The number of aromatic nitrogens is 1. The Morgan fingerprint density at radius 1 is 1.03 bits per heavy atom. The smallest absolute Gasteiger partial charge is 0.183 e. The lowest BCUT2D eigenvalue weighted by Crippen LogP contribution is -2.31. The number of halogens is 1. The Labute approximate surface area is 194 Å². The van der Waals surface area contributed by atoms with Gasteiger partial charge in [0.2, 0.25) is 0 Å². The van der Waals surface area contributed by atoms with Crippen LogP contribution in [0.5, 0.6) is 0 Å². The summed E-state index contributed by atoms with van der Waals surface area (Å²) in [5.74, 6) is 0. The molecule has 5 rings (SSSR count). The van der Waals surface area contributed by atoms with Crippen molar-refractivity contribution in [3.63, 3.8) is 0 Å². The Morgan fingerprint density at radius 3 is 2.58 bits per heavy atom. The van der Waals surface area contributed by atoms with Crippen molar-refractivity contribution in [2.45, 2.75) is 56.5 Å². The summed E-state index contributed by atoms with van der Waals surface area (Å²) >= 11 is 7.94. The van der Waals surface area contributed by atoms with Crippen LogP contribution in [0.2, 0.25) is 5.02 Å². The first-order chi connectivity index (χ1) is 15.2. The first kappa shape index (κ1) is 21.0. The number of hydrogen-bond acceptors (Lipinski definition) is 4. The zero-order valence-corrected chi connectivity index (χ0v) is 19.5. The van der Waals surface area contributed by atoms with Crippen LogP contribution in [0, 0.1) is 0 Å². The first-order valence-corrected chi connectivity index (χ1v) is 12.7. The van der Waals surface area contributed by atoms with Crippen molar-refractivity contribution < 1.29 is 0 Å². The number of likely N-dealkylation sites (tertiary alicyclic amines) is 1. The summed E-state index contributed by atoms with van der Waals surface area (Å²) < 4.78 is 0. The second-order valence-corrected chi connectivity index (χ2v) is 10.3. The van der Waals surface area contributed by atoms with Gasteiger partial charge in [-0.05, 0) is 42.5 Å². The Balaban J connectivity index is 1.28. The van der Waals surface area contributed by atoms with Gasteiger partial charge in [-0.15, -0.1) is 11.3 Å². The molecule has 3 aromatic rings. The largest absolute Gasteiger partial charge is 0.357 e. The minimum Gasteiger partial charge on any atom is -0.357 e. The molecule has 2 aliphatic rings. The number of anilines is 1. The molecule has 1 N–H and O–H groups in total. The van der Waals surface area contributed by atoms with E-state index >= 15 is 0 Å². The SMILES string of the molecule is Clc1ccc(C2(c3csc(NC4CCN(Cc5ccccc5)C4)n3)CCCCC2)cc1. The molecule has 1 saturated carbocycles. The van der Waals surface area contributed by atoms with E-state index < -0.39 is 0 Å². The fraction of sp³-hybridized carbons (Fsp3) is 0.423. The maximum absolute atomic E-state index is 6.18. The molecule has 162 valence electrons. The lowest BCUT2D eigenvalue weighted by Gasteiger charge is -2.36. The third-order valence-electron chi connectivity index (χ3n) is 6.95. The molecule has 1 aromatic heterocycles. The molecule has 0 radical (unpaired) electrons. The molecule has 0 amide bonds. The highest BCUT2D eigenvalue weighted by Crippen LogP contribution is 2.45. The van der Waals surface area contributed by atoms with Crippen LogP contribution in [0.1, 0.15) is 55.3 Å². The molecular formula is C26H30ClN3S. The lowest BCUT2D eigenvalue weighted by atomic mass is 9.67. The molecule has 2 aromatic carbocycles. The molecule has 1 aliphatic carbocycles. The third-order valence-corrected chi connectivity index (χ3v) is 7.97. The van der Waals surface area contributed by atoms with E-state index in [0.717, 1.165) is 29.8 Å². The zero-order valence-electron chi connectivity index (χ0n) is 17.9. The molecule has 1 unspecified atom stereocenters. The van der Waals surface area contributed by atoms with E-state index in [2.05, 4.69) is 58.1 Å². The Morgan fingerprint density at radius 2 is 1.81 bits per heavy atom. The van der Waals surface area contributed by atoms with E-state index in [1.807, 2.05) is 12.1 Å². The molecule has 1 saturated heterocycles. The first-order valence-electron chi connectivity index (χ1n) is 11.5. The zero-order chi connectivity index (χ0) is 21.1. The molecule has 1 aliphatic heterocycles. The molecule has 5 heteroatoms. The van der Waals surface area contributed by atoms with Crippen LogP contribution in [0.3, 0.4) is 0 Å². The van der Waals surface area contributed by atoms with Gasteiger partial charge in [0.1, 0.15) is 0 Å². The second-order valence-electron chi connectivity index (χ2n) is 9.04. The molecule has 3 nitrogen and oxygen atoms in total. The summed E-state index contributed by atoms with van der Waals surface area (Å²) in [4.78, 5) is 7.67. The lowest BCUT2D eigenvalue weighted by molar-refractivity contribution is 0.328. The van der Waals surface area contributed by atoms with Gasteiger partial charge in [0, 0.05) is 41.5 Å². The summed E-state index contributed by atoms with van der Waals surface area (Å²) in [5.41, 5.74) is 4.03. The van der Waals surface area contributed by atoms with Crippen molar-refractivity contribution in [3.05, 3.63) is 81.8 Å². The number of thiazole rings is 1. The van der Waals surface area contributed by atoms with Crippen LogP contribution in [0.4, 0.5) is 5.13 Å².